The molecule has 0 aliphatic carbocycles. The van der Waals surface area contributed by atoms with Crippen molar-refractivity contribution < 1.29 is 8.42 Å². The van der Waals surface area contributed by atoms with Crippen molar-refractivity contribution in [3.8, 4) is 0 Å². The molecule has 0 radical (unpaired) electrons. The zero-order valence-electron chi connectivity index (χ0n) is 16.3. The second-order valence-electron chi connectivity index (χ2n) is 7.54. The van der Waals surface area contributed by atoms with E-state index >= 15 is 0 Å². The van der Waals surface area contributed by atoms with E-state index in [-0.39, 0.29) is 5.75 Å². The van der Waals surface area contributed by atoms with Gasteiger partial charge in [0, 0.05) is 42.2 Å². The summed E-state index contributed by atoms with van der Waals surface area (Å²) in [5, 5.41) is 4.28. The van der Waals surface area contributed by atoms with E-state index in [2.05, 4.69) is 39.1 Å². The van der Waals surface area contributed by atoms with Crippen LogP contribution in [0.1, 0.15) is 22.9 Å². The highest BCUT2D eigenvalue weighted by Gasteiger charge is 2.26. The van der Waals surface area contributed by atoms with Crippen LogP contribution >= 0.6 is 11.3 Å². The number of fused-ring (bicyclic) bond motifs is 1. The number of thiazole rings is 1. The zero-order valence-corrected chi connectivity index (χ0v) is 17.9. The van der Waals surface area contributed by atoms with Crippen molar-refractivity contribution in [3.63, 3.8) is 0 Å². The maximum atomic E-state index is 12.8. The van der Waals surface area contributed by atoms with Gasteiger partial charge in [-0.3, -0.25) is 0 Å². The molecular formula is C23H21N3O2S2. The first-order valence-corrected chi connectivity index (χ1v) is 12.4. The number of hydrogen-bond acceptors (Lipinski definition) is 6. The number of rotatable bonds is 5. The first-order valence-electron chi connectivity index (χ1n) is 9.90. The van der Waals surface area contributed by atoms with E-state index in [9.17, 15) is 8.42 Å². The summed E-state index contributed by atoms with van der Waals surface area (Å²) < 4.78 is 25.6. The first kappa shape index (κ1) is 19.2. The molecule has 4 aromatic rings. The van der Waals surface area contributed by atoms with Gasteiger partial charge in [0.2, 0.25) is 0 Å². The van der Waals surface area contributed by atoms with Crippen LogP contribution in [-0.2, 0) is 15.6 Å². The molecule has 30 heavy (non-hydrogen) atoms. The Bertz CT molecular complexity index is 1270. The van der Waals surface area contributed by atoms with Gasteiger partial charge in [-0.2, -0.15) is 0 Å². The predicted octanol–water partition coefficient (Wildman–Crippen LogP) is 4.66. The van der Waals surface area contributed by atoms with E-state index < -0.39 is 9.84 Å². The van der Waals surface area contributed by atoms with E-state index in [1.54, 1.807) is 29.9 Å². The molecule has 2 aromatic heterocycles. The average molecular weight is 436 g/mol. The average Bonchev–Trinajstić information content (AvgIpc) is 3.45. The van der Waals surface area contributed by atoms with Crippen LogP contribution in [0.2, 0.25) is 0 Å². The minimum atomic E-state index is -3.44. The van der Waals surface area contributed by atoms with Crippen LogP contribution in [0.25, 0.3) is 10.8 Å². The van der Waals surface area contributed by atoms with Crippen molar-refractivity contribution in [1.82, 2.24) is 9.97 Å². The monoisotopic (exact) mass is 435 g/mol. The summed E-state index contributed by atoms with van der Waals surface area (Å²) in [5.74, 6) is 1.34. The summed E-state index contributed by atoms with van der Waals surface area (Å²) >= 11 is 1.36. The van der Waals surface area contributed by atoms with Crippen molar-refractivity contribution in [2.45, 2.75) is 23.0 Å². The number of aromatic nitrogens is 2. The summed E-state index contributed by atoms with van der Waals surface area (Å²) in [5.41, 5.74) is 1.36. The van der Waals surface area contributed by atoms with Gasteiger partial charge in [0.1, 0.15) is 16.6 Å². The molecule has 0 spiro atoms. The fraction of sp³-hybridized carbons (Fsp3) is 0.217. The van der Waals surface area contributed by atoms with Crippen LogP contribution in [0.5, 0.6) is 0 Å². The molecule has 0 bridgehead atoms. The summed E-state index contributed by atoms with van der Waals surface area (Å²) in [7, 11) is -3.44. The minimum absolute atomic E-state index is 0.0704. The zero-order chi connectivity index (χ0) is 20.6. The van der Waals surface area contributed by atoms with Gasteiger partial charge < -0.3 is 4.90 Å². The molecule has 0 amide bonds. The van der Waals surface area contributed by atoms with E-state index in [0.717, 1.165) is 36.1 Å². The van der Waals surface area contributed by atoms with Crippen molar-refractivity contribution in [2.24, 2.45) is 0 Å². The Hall–Kier alpha value is -2.77. The Morgan fingerprint density at radius 2 is 1.90 bits per heavy atom. The molecule has 7 heteroatoms. The lowest BCUT2D eigenvalue weighted by molar-refractivity contribution is 0.595. The van der Waals surface area contributed by atoms with Gasteiger partial charge in [0.15, 0.2) is 9.84 Å². The molecule has 3 heterocycles. The highest BCUT2D eigenvalue weighted by atomic mass is 32.2. The Morgan fingerprint density at radius 3 is 2.70 bits per heavy atom. The van der Waals surface area contributed by atoms with Crippen LogP contribution in [0, 0.1) is 0 Å². The number of sulfone groups is 1. The Labute approximate surface area is 180 Å². The van der Waals surface area contributed by atoms with Crippen molar-refractivity contribution in [3.05, 3.63) is 82.9 Å². The molecular weight excluding hydrogens is 414 g/mol. The molecule has 1 unspecified atom stereocenters. The summed E-state index contributed by atoms with van der Waals surface area (Å²) in [6.07, 6.45) is 4.49. The van der Waals surface area contributed by atoms with E-state index in [1.807, 2.05) is 18.2 Å². The maximum absolute atomic E-state index is 12.8. The van der Waals surface area contributed by atoms with Crippen LogP contribution < -0.4 is 4.90 Å². The third-order valence-corrected chi connectivity index (χ3v) is 8.22. The van der Waals surface area contributed by atoms with Crippen molar-refractivity contribution >= 4 is 37.8 Å². The second-order valence-corrected chi connectivity index (χ2v) is 10.5. The standard InChI is InChI=1S/C23H21N3O2S2/c27-30(28,16-22-24-11-13-29-22)20-6-7-21-18(14-20)8-10-25-23(21)26-12-9-19(15-26)17-4-2-1-3-5-17/h1-8,10-11,13-14,19H,9,12,15-16H2. The molecule has 0 N–H and O–H groups in total. The number of pyridine rings is 1. The van der Waals surface area contributed by atoms with E-state index in [4.69, 9.17) is 0 Å². The third kappa shape index (κ3) is 3.70. The lowest BCUT2D eigenvalue weighted by Gasteiger charge is -2.20. The van der Waals surface area contributed by atoms with Crippen LogP contribution in [0.15, 0.2) is 77.3 Å². The van der Waals surface area contributed by atoms with Crippen molar-refractivity contribution in [2.75, 3.05) is 18.0 Å². The summed E-state index contributed by atoms with van der Waals surface area (Å²) in [6, 6.07) is 17.8. The van der Waals surface area contributed by atoms with Gasteiger partial charge in [-0.1, -0.05) is 30.3 Å². The summed E-state index contributed by atoms with van der Waals surface area (Å²) in [6.45, 7) is 1.86. The topological polar surface area (TPSA) is 63.2 Å². The quantitative estimate of drug-likeness (QED) is 0.456. The van der Waals surface area contributed by atoms with Gasteiger partial charge >= 0.3 is 0 Å². The predicted molar refractivity (Wildman–Crippen MR) is 121 cm³/mol. The lowest BCUT2D eigenvalue weighted by atomic mass is 9.99. The van der Waals surface area contributed by atoms with Crippen LogP contribution in [-0.4, -0.2) is 31.5 Å². The highest BCUT2D eigenvalue weighted by Crippen LogP contribution is 2.34. The third-order valence-electron chi connectivity index (χ3n) is 5.63. The number of anilines is 1. The normalized spacial score (nSPS) is 16.9. The largest absolute Gasteiger partial charge is 0.355 e. The van der Waals surface area contributed by atoms with Gasteiger partial charge in [-0.05, 0) is 41.6 Å². The van der Waals surface area contributed by atoms with E-state index in [1.165, 1.54) is 16.9 Å². The smallest absolute Gasteiger partial charge is 0.184 e. The Balaban J connectivity index is 1.44. The molecule has 1 fully saturated rings. The molecule has 152 valence electrons. The van der Waals surface area contributed by atoms with Crippen LogP contribution in [0.4, 0.5) is 5.82 Å². The molecule has 2 aromatic carbocycles. The van der Waals surface area contributed by atoms with Gasteiger partial charge in [0.25, 0.3) is 0 Å². The molecule has 1 aliphatic rings. The van der Waals surface area contributed by atoms with Gasteiger partial charge in [-0.15, -0.1) is 11.3 Å². The SMILES string of the molecule is O=S(=O)(Cc1nccs1)c1ccc2c(N3CCC(c4ccccc4)C3)nccc2c1. The maximum Gasteiger partial charge on any atom is 0.184 e. The van der Waals surface area contributed by atoms with Crippen molar-refractivity contribution in [1.29, 1.82) is 0 Å². The molecule has 1 saturated heterocycles. The minimum Gasteiger partial charge on any atom is -0.355 e. The molecule has 5 nitrogen and oxygen atoms in total. The molecule has 1 atom stereocenters. The number of benzene rings is 2. The summed E-state index contributed by atoms with van der Waals surface area (Å²) in [4.78, 5) is 11.4. The second kappa shape index (κ2) is 7.81. The Kier molecular flexibility index (Phi) is 5.00. The van der Waals surface area contributed by atoms with Gasteiger partial charge in [0.05, 0.1) is 4.90 Å². The molecule has 1 aliphatic heterocycles. The van der Waals surface area contributed by atoms with E-state index in [0.29, 0.717) is 15.8 Å². The number of hydrogen-bond donors (Lipinski definition) is 0. The lowest BCUT2D eigenvalue weighted by Crippen LogP contribution is -2.20. The molecule has 0 saturated carbocycles. The fourth-order valence-electron chi connectivity index (χ4n) is 4.11. The highest BCUT2D eigenvalue weighted by molar-refractivity contribution is 7.90. The first-order chi connectivity index (χ1) is 14.6. The fourth-order valence-corrected chi connectivity index (χ4v) is 6.39. The number of nitrogens with zero attached hydrogens (tertiary/aromatic N) is 3. The Morgan fingerprint density at radius 1 is 1.03 bits per heavy atom. The molecule has 5 rings (SSSR count). The van der Waals surface area contributed by atoms with Crippen LogP contribution in [0.3, 0.4) is 0 Å². The van der Waals surface area contributed by atoms with Gasteiger partial charge in [-0.25, -0.2) is 18.4 Å².